The maximum Gasteiger partial charge on any atom is 0.433 e. The lowest BCUT2D eigenvalue weighted by Gasteiger charge is -2.29. The molecule has 4 heterocycles. The van der Waals surface area contributed by atoms with Crippen molar-refractivity contribution in [2.24, 2.45) is 5.92 Å². The molecular formula is C20H18F3N7. The lowest BCUT2D eigenvalue weighted by molar-refractivity contribution is -0.141. The van der Waals surface area contributed by atoms with Crippen LogP contribution in [0.2, 0.25) is 0 Å². The van der Waals surface area contributed by atoms with E-state index in [2.05, 4.69) is 31.3 Å². The third kappa shape index (κ3) is 4.10. The third-order valence-electron chi connectivity index (χ3n) is 4.95. The van der Waals surface area contributed by atoms with Crippen LogP contribution in [-0.2, 0) is 12.7 Å². The van der Waals surface area contributed by atoms with Gasteiger partial charge in [0, 0.05) is 37.6 Å². The zero-order chi connectivity index (χ0) is 21.1. The molecule has 0 bridgehead atoms. The predicted octanol–water partition coefficient (Wildman–Crippen LogP) is 3.79. The second-order valence-corrected chi connectivity index (χ2v) is 7.02. The van der Waals surface area contributed by atoms with E-state index >= 15 is 0 Å². The molecule has 7 nitrogen and oxygen atoms in total. The van der Waals surface area contributed by atoms with Crippen molar-refractivity contribution in [2.75, 3.05) is 23.3 Å². The molecule has 3 aromatic rings. The molecule has 3 aromatic heterocycles. The summed E-state index contributed by atoms with van der Waals surface area (Å²) >= 11 is 0. The quantitative estimate of drug-likeness (QED) is 0.696. The van der Waals surface area contributed by atoms with E-state index in [-0.39, 0.29) is 18.0 Å². The molecule has 0 radical (unpaired) electrons. The van der Waals surface area contributed by atoms with Crippen molar-refractivity contribution in [3.8, 4) is 6.07 Å². The van der Waals surface area contributed by atoms with Crippen molar-refractivity contribution in [1.29, 1.82) is 5.26 Å². The monoisotopic (exact) mass is 413 g/mol. The molecule has 1 atom stereocenters. The molecule has 0 amide bonds. The van der Waals surface area contributed by atoms with Crippen LogP contribution in [0.15, 0.2) is 36.7 Å². The molecule has 1 aliphatic rings. The number of rotatable bonds is 4. The first-order valence-electron chi connectivity index (χ1n) is 9.48. The number of nitrogens with one attached hydrogen (secondary N) is 1. The van der Waals surface area contributed by atoms with Crippen LogP contribution in [-0.4, -0.2) is 33.0 Å². The van der Waals surface area contributed by atoms with E-state index in [9.17, 15) is 18.4 Å². The Morgan fingerprint density at radius 3 is 2.77 bits per heavy atom. The van der Waals surface area contributed by atoms with Gasteiger partial charge in [-0.25, -0.2) is 4.98 Å². The molecule has 0 aliphatic carbocycles. The van der Waals surface area contributed by atoms with E-state index in [1.807, 2.05) is 4.90 Å². The largest absolute Gasteiger partial charge is 0.433 e. The number of nitrogens with zero attached hydrogens (tertiary/aromatic N) is 6. The summed E-state index contributed by atoms with van der Waals surface area (Å²) in [5, 5.41) is 12.8. The van der Waals surface area contributed by atoms with Crippen LogP contribution >= 0.6 is 0 Å². The van der Waals surface area contributed by atoms with Crippen LogP contribution in [0.25, 0.3) is 11.0 Å². The van der Waals surface area contributed by atoms with Gasteiger partial charge in [-0.05, 0) is 31.0 Å². The van der Waals surface area contributed by atoms with Crippen molar-refractivity contribution in [1.82, 2.24) is 19.9 Å². The molecular weight excluding hydrogens is 395 g/mol. The highest BCUT2D eigenvalue weighted by Crippen LogP contribution is 2.31. The van der Waals surface area contributed by atoms with Crippen LogP contribution in [0.1, 0.15) is 24.1 Å². The fraction of sp³-hybridized carbons (Fsp3) is 0.350. The molecule has 1 saturated heterocycles. The van der Waals surface area contributed by atoms with Crippen molar-refractivity contribution >= 4 is 22.8 Å². The summed E-state index contributed by atoms with van der Waals surface area (Å²) in [6.07, 6.45) is -0.157. The molecule has 0 spiro atoms. The summed E-state index contributed by atoms with van der Waals surface area (Å²) in [5.74, 6) is 0.688. The summed E-state index contributed by atoms with van der Waals surface area (Å²) in [6, 6.07) is 8.61. The Hall–Kier alpha value is -3.48. The molecule has 30 heavy (non-hydrogen) atoms. The number of aromatic nitrogens is 4. The number of alkyl halides is 3. The summed E-state index contributed by atoms with van der Waals surface area (Å²) in [5.41, 5.74) is -0.474. The minimum absolute atomic E-state index is 0.0183. The van der Waals surface area contributed by atoms with E-state index in [1.165, 1.54) is 12.1 Å². The van der Waals surface area contributed by atoms with Gasteiger partial charge in [-0.3, -0.25) is 4.98 Å². The highest BCUT2D eigenvalue weighted by Gasteiger charge is 2.35. The standard InChI is InChI=1S/C20H18F3N7/c21-20(22,23)16-14(5-1-7-25-16)11-27-18-15-6-2-8-26-17(15)28-19(29-18)30-9-3-4-13(10-24)12-30/h1-2,5-8,13H,3-4,9,11-12H2,(H,26,27,28,29). The summed E-state index contributed by atoms with van der Waals surface area (Å²) in [4.78, 5) is 18.7. The van der Waals surface area contributed by atoms with Crippen molar-refractivity contribution < 1.29 is 13.2 Å². The number of nitriles is 1. The molecule has 1 unspecified atom stereocenters. The Morgan fingerprint density at radius 2 is 1.97 bits per heavy atom. The van der Waals surface area contributed by atoms with Crippen molar-refractivity contribution in [2.45, 2.75) is 25.6 Å². The fourth-order valence-electron chi connectivity index (χ4n) is 3.51. The fourth-order valence-corrected chi connectivity index (χ4v) is 3.51. The molecule has 10 heteroatoms. The number of hydrogen-bond acceptors (Lipinski definition) is 7. The summed E-state index contributed by atoms with van der Waals surface area (Å²) in [6.45, 7) is 1.11. The topological polar surface area (TPSA) is 90.6 Å². The Morgan fingerprint density at radius 1 is 1.17 bits per heavy atom. The number of fused-ring (bicyclic) bond motifs is 1. The highest BCUT2D eigenvalue weighted by atomic mass is 19.4. The Bertz CT molecular complexity index is 1090. The van der Waals surface area contributed by atoms with E-state index < -0.39 is 11.9 Å². The molecule has 1 aliphatic heterocycles. The number of pyridine rings is 2. The SMILES string of the molecule is N#CC1CCCN(c2nc(NCc3cccnc3C(F)(F)F)c3cccnc3n2)C1. The average molecular weight is 413 g/mol. The molecule has 1 fully saturated rings. The molecule has 0 aromatic carbocycles. The van der Waals surface area contributed by atoms with Crippen LogP contribution in [0.5, 0.6) is 0 Å². The molecule has 1 N–H and O–H groups in total. The van der Waals surface area contributed by atoms with Gasteiger partial charge in [-0.2, -0.15) is 28.4 Å². The van der Waals surface area contributed by atoms with Gasteiger partial charge in [-0.15, -0.1) is 0 Å². The number of hydrogen-bond donors (Lipinski definition) is 1. The van der Waals surface area contributed by atoms with Gasteiger partial charge in [0.15, 0.2) is 5.65 Å². The van der Waals surface area contributed by atoms with Crippen LogP contribution < -0.4 is 10.2 Å². The second-order valence-electron chi connectivity index (χ2n) is 7.02. The highest BCUT2D eigenvalue weighted by molar-refractivity contribution is 5.87. The van der Waals surface area contributed by atoms with Gasteiger partial charge in [0.25, 0.3) is 0 Å². The van der Waals surface area contributed by atoms with E-state index in [0.29, 0.717) is 35.9 Å². The van der Waals surface area contributed by atoms with Gasteiger partial charge < -0.3 is 10.2 Å². The first-order chi connectivity index (χ1) is 14.5. The van der Waals surface area contributed by atoms with E-state index in [4.69, 9.17) is 0 Å². The Balaban J connectivity index is 1.67. The molecule has 4 rings (SSSR count). The number of halogens is 3. The number of piperidine rings is 1. The average Bonchev–Trinajstić information content (AvgIpc) is 2.77. The molecule has 154 valence electrons. The maximum absolute atomic E-state index is 13.2. The van der Waals surface area contributed by atoms with Gasteiger partial charge in [0.1, 0.15) is 11.5 Å². The van der Waals surface area contributed by atoms with E-state index in [1.54, 1.807) is 18.3 Å². The minimum Gasteiger partial charge on any atom is -0.365 e. The van der Waals surface area contributed by atoms with Crippen molar-refractivity contribution in [3.05, 3.63) is 47.9 Å². The summed E-state index contributed by atoms with van der Waals surface area (Å²) < 4.78 is 39.7. The van der Waals surface area contributed by atoms with Crippen LogP contribution in [0.3, 0.4) is 0 Å². The molecule has 0 saturated carbocycles. The zero-order valence-corrected chi connectivity index (χ0v) is 15.9. The van der Waals surface area contributed by atoms with Gasteiger partial charge in [0.2, 0.25) is 5.95 Å². The lowest BCUT2D eigenvalue weighted by atomic mass is 10.0. The van der Waals surface area contributed by atoms with Gasteiger partial charge in [0.05, 0.1) is 17.4 Å². The Kier molecular flexibility index (Phi) is 5.35. The summed E-state index contributed by atoms with van der Waals surface area (Å²) in [7, 11) is 0. The van der Waals surface area contributed by atoms with Crippen LogP contribution in [0.4, 0.5) is 24.9 Å². The minimum atomic E-state index is -4.54. The normalized spacial score (nSPS) is 17.0. The lowest BCUT2D eigenvalue weighted by Crippen LogP contribution is -2.36. The first-order valence-corrected chi connectivity index (χ1v) is 9.48. The number of anilines is 2. The smallest absolute Gasteiger partial charge is 0.365 e. The maximum atomic E-state index is 13.2. The van der Waals surface area contributed by atoms with Crippen LogP contribution in [0, 0.1) is 17.2 Å². The predicted molar refractivity (Wildman–Crippen MR) is 104 cm³/mol. The van der Waals surface area contributed by atoms with Gasteiger partial charge >= 0.3 is 6.18 Å². The Labute approximate surface area is 170 Å². The zero-order valence-electron chi connectivity index (χ0n) is 15.9. The van der Waals surface area contributed by atoms with Crippen molar-refractivity contribution in [3.63, 3.8) is 0 Å². The first kappa shape index (κ1) is 19.8. The van der Waals surface area contributed by atoms with E-state index in [0.717, 1.165) is 19.0 Å². The second kappa shape index (κ2) is 8.10. The third-order valence-corrected chi connectivity index (χ3v) is 4.95. The van der Waals surface area contributed by atoms with Gasteiger partial charge in [-0.1, -0.05) is 6.07 Å².